The van der Waals surface area contributed by atoms with E-state index in [-0.39, 0.29) is 5.82 Å². The first-order chi connectivity index (χ1) is 10.2. The van der Waals surface area contributed by atoms with E-state index in [0.717, 1.165) is 46.1 Å². The number of rotatable bonds is 4. The van der Waals surface area contributed by atoms with Crippen LogP contribution in [0.2, 0.25) is 0 Å². The third-order valence-corrected chi connectivity index (χ3v) is 5.81. The molecule has 21 heavy (non-hydrogen) atoms. The number of nitrogens with zero attached hydrogens (tertiary/aromatic N) is 1. The molecular formula is C17H23FN2S. The molecule has 0 spiro atoms. The smallest absolute Gasteiger partial charge is 0.132 e. The Bertz CT molecular complexity index is 623. The number of nitrogens with two attached hydrogens (primary N) is 1. The van der Waals surface area contributed by atoms with Crippen molar-refractivity contribution in [1.82, 2.24) is 4.90 Å². The Labute approximate surface area is 129 Å². The monoisotopic (exact) mass is 306 g/mol. The Morgan fingerprint density at radius 1 is 1.43 bits per heavy atom. The van der Waals surface area contributed by atoms with Crippen LogP contribution in [0, 0.1) is 11.7 Å². The van der Waals surface area contributed by atoms with Gasteiger partial charge in [0.05, 0.1) is 0 Å². The van der Waals surface area contributed by atoms with Gasteiger partial charge in [0, 0.05) is 34.6 Å². The Morgan fingerprint density at radius 2 is 2.29 bits per heavy atom. The molecule has 2 aromatic rings. The summed E-state index contributed by atoms with van der Waals surface area (Å²) in [6.45, 7) is 5.85. The van der Waals surface area contributed by atoms with Gasteiger partial charge < -0.3 is 5.73 Å². The molecule has 1 aromatic heterocycles. The lowest BCUT2D eigenvalue weighted by Crippen LogP contribution is -2.34. The minimum absolute atomic E-state index is 0.109. The van der Waals surface area contributed by atoms with Gasteiger partial charge in [-0.3, -0.25) is 4.90 Å². The Hall–Kier alpha value is -0.970. The molecule has 3 rings (SSSR count). The van der Waals surface area contributed by atoms with Crippen molar-refractivity contribution in [3.05, 3.63) is 34.5 Å². The number of fused-ring (bicyclic) bond motifs is 1. The van der Waals surface area contributed by atoms with Crippen LogP contribution in [0.4, 0.5) is 4.39 Å². The van der Waals surface area contributed by atoms with Crippen molar-refractivity contribution >= 4 is 21.4 Å². The summed E-state index contributed by atoms with van der Waals surface area (Å²) in [6, 6.07) is 5.34. The summed E-state index contributed by atoms with van der Waals surface area (Å²) in [4.78, 5) is 3.61. The third-order valence-electron chi connectivity index (χ3n) is 4.59. The molecule has 2 nitrogen and oxygen atoms in total. The first-order valence-electron chi connectivity index (χ1n) is 7.84. The average Bonchev–Trinajstić information content (AvgIpc) is 2.86. The van der Waals surface area contributed by atoms with Gasteiger partial charge in [-0.05, 0) is 43.0 Å². The zero-order chi connectivity index (χ0) is 14.8. The molecule has 2 heterocycles. The average molecular weight is 306 g/mol. The topological polar surface area (TPSA) is 29.3 Å². The summed E-state index contributed by atoms with van der Waals surface area (Å²) < 4.78 is 15.3. The number of piperidine rings is 1. The van der Waals surface area contributed by atoms with E-state index in [0.29, 0.717) is 6.54 Å². The van der Waals surface area contributed by atoms with E-state index in [9.17, 15) is 4.39 Å². The van der Waals surface area contributed by atoms with Crippen LogP contribution in [0.3, 0.4) is 0 Å². The van der Waals surface area contributed by atoms with Crippen LogP contribution in [-0.4, -0.2) is 18.0 Å². The van der Waals surface area contributed by atoms with Crippen molar-refractivity contribution < 1.29 is 4.39 Å². The second-order valence-corrected chi connectivity index (χ2v) is 7.11. The number of hydrogen-bond acceptors (Lipinski definition) is 3. The second kappa shape index (κ2) is 6.42. The molecule has 1 aliphatic rings. The lowest BCUT2D eigenvalue weighted by Gasteiger charge is -2.32. The normalized spacial score (nSPS) is 20.2. The van der Waals surface area contributed by atoms with Gasteiger partial charge in [-0.15, -0.1) is 11.3 Å². The van der Waals surface area contributed by atoms with Crippen LogP contribution in [0.25, 0.3) is 10.1 Å². The first-order valence-corrected chi connectivity index (χ1v) is 8.65. The van der Waals surface area contributed by atoms with Crippen LogP contribution in [0.15, 0.2) is 18.2 Å². The molecule has 0 amide bonds. The summed E-state index contributed by atoms with van der Waals surface area (Å²) in [7, 11) is 0. The van der Waals surface area contributed by atoms with E-state index < -0.39 is 0 Å². The van der Waals surface area contributed by atoms with E-state index in [4.69, 9.17) is 5.73 Å². The van der Waals surface area contributed by atoms with Crippen molar-refractivity contribution in [3.63, 3.8) is 0 Å². The van der Waals surface area contributed by atoms with E-state index in [1.165, 1.54) is 19.3 Å². The summed E-state index contributed by atoms with van der Waals surface area (Å²) >= 11 is 1.64. The third kappa shape index (κ3) is 2.98. The van der Waals surface area contributed by atoms with Crippen LogP contribution in [-0.2, 0) is 13.1 Å². The molecule has 1 fully saturated rings. The fourth-order valence-electron chi connectivity index (χ4n) is 3.40. The molecule has 114 valence electrons. The Kier molecular flexibility index (Phi) is 4.57. The molecule has 0 radical (unpaired) electrons. The lowest BCUT2D eigenvalue weighted by molar-refractivity contribution is 0.165. The number of thiophene rings is 1. The van der Waals surface area contributed by atoms with Gasteiger partial charge >= 0.3 is 0 Å². The zero-order valence-electron chi connectivity index (χ0n) is 12.6. The predicted octanol–water partition coefficient (Wildman–Crippen LogP) is 4.12. The summed E-state index contributed by atoms with van der Waals surface area (Å²) in [6.07, 6.45) is 3.81. The molecule has 1 unspecified atom stereocenters. The summed E-state index contributed by atoms with van der Waals surface area (Å²) in [5.41, 5.74) is 7.01. The van der Waals surface area contributed by atoms with Crippen molar-refractivity contribution in [2.24, 2.45) is 11.7 Å². The highest BCUT2D eigenvalue weighted by Gasteiger charge is 2.22. The molecule has 2 N–H and O–H groups in total. The zero-order valence-corrected chi connectivity index (χ0v) is 13.4. The van der Waals surface area contributed by atoms with Crippen LogP contribution in [0.1, 0.15) is 36.6 Å². The van der Waals surface area contributed by atoms with Crippen LogP contribution in [0.5, 0.6) is 0 Å². The van der Waals surface area contributed by atoms with Gasteiger partial charge in [0.2, 0.25) is 0 Å². The number of halogens is 1. The molecule has 1 aliphatic heterocycles. The van der Waals surface area contributed by atoms with Crippen LogP contribution < -0.4 is 5.73 Å². The molecular weight excluding hydrogens is 283 g/mol. The van der Waals surface area contributed by atoms with Crippen molar-refractivity contribution in [1.29, 1.82) is 0 Å². The standard InChI is InChI=1S/C17H23FN2S/c1-2-12-5-4-8-20(10-12)11-13-16(9-19)21-15-7-3-6-14(18)17(13)15/h3,6-7,12H,2,4-5,8-11,19H2,1H3. The van der Waals surface area contributed by atoms with E-state index in [1.54, 1.807) is 23.5 Å². The first kappa shape index (κ1) is 14.9. The summed E-state index contributed by atoms with van der Waals surface area (Å²) in [5, 5.41) is 0.793. The fourth-order valence-corrected chi connectivity index (χ4v) is 4.51. The van der Waals surface area contributed by atoms with Crippen molar-refractivity contribution in [2.45, 2.75) is 39.3 Å². The maximum absolute atomic E-state index is 14.2. The van der Waals surface area contributed by atoms with Gasteiger partial charge in [-0.1, -0.05) is 19.4 Å². The van der Waals surface area contributed by atoms with Gasteiger partial charge in [0.15, 0.2) is 0 Å². The molecule has 1 atom stereocenters. The Balaban J connectivity index is 1.92. The fraction of sp³-hybridized carbons (Fsp3) is 0.529. The van der Waals surface area contributed by atoms with Gasteiger partial charge in [-0.2, -0.15) is 0 Å². The molecule has 4 heteroatoms. The quantitative estimate of drug-likeness (QED) is 0.920. The summed E-state index contributed by atoms with van der Waals surface area (Å²) in [5.74, 6) is 0.678. The molecule has 1 aromatic carbocycles. The lowest BCUT2D eigenvalue weighted by atomic mass is 9.95. The highest BCUT2D eigenvalue weighted by Crippen LogP contribution is 2.34. The molecule has 1 saturated heterocycles. The maximum Gasteiger partial charge on any atom is 0.132 e. The van der Waals surface area contributed by atoms with Gasteiger partial charge in [0.1, 0.15) is 5.82 Å². The molecule has 0 bridgehead atoms. The predicted molar refractivity (Wildman–Crippen MR) is 88.0 cm³/mol. The SMILES string of the molecule is CCC1CCCN(Cc2c(CN)sc3cccc(F)c23)C1. The van der Waals surface area contributed by atoms with E-state index in [1.807, 2.05) is 6.07 Å². The van der Waals surface area contributed by atoms with E-state index in [2.05, 4.69) is 11.8 Å². The molecule has 0 aliphatic carbocycles. The highest BCUT2D eigenvalue weighted by molar-refractivity contribution is 7.19. The van der Waals surface area contributed by atoms with Crippen LogP contribution >= 0.6 is 11.3 Å². The second-order valence-electron chi connectivity index (χ2n) is 5.97. The number of hydrogen-bond donors (Lipinski definition) is 1. The van der Waals surface area contributed by atoms with Crippen molar-refractivity contribution in [2.75, 3.05) is 13.1 Å². The highest BCUT2D eigenvalue weighted by atomic mass is 32.1. The maximum atomic E-state index is 14.2. The van der Waals surface area contributed by atoms with E-state index >= 15 is 0 Å². The Morgan fingerprint density at radius 3 is 3.05 bits per heavy atom. The van der Waals surface area contributed by atoms with Crippen molar-refractivity contribution in [3.8, 4) is 0 Å². The number of benzene rings is 1. The minimum atomic E-state index is -0.109. The minimum Gasteiger partial charge on any atom is -0.326 e. The molecule has 0 saturated carbocycles. The van der Waals surface area contributed by atoms with Gasteiger partial charge in [0.25, 0.3) is 0 Å². The largest absolute Gasteiger partial charge is 0.326 e. The van der Waals surface area contributed by atoms with Gasteiger partial charge in [-0.25, -0.2) is 4.39 Å². The number of likely N-dealkylation sites (tertiary alicyclic amines) is 1.